The number of carbonyl (C=O) groups excluding carboxylic acids is 2. The highest BCUT2D eigenvalue weighted by Gasteiger charge is 2.39. The quantitative estimate of drug-likeness (QED) is 0.581. The van der Waals surface area contributed by atoms with Gasteiger partial charge in [0.1, 0.15) is 6.04 Å². The van der Waals surface area contributed by atoms with Gasteiger partial charge in [0, 0.05) is 12.4 Å². The molecule has 1 aromatic heterocycles. The molecule has 0 N–H and O–H groups in total. The number of fused-ring (bicyclic) bond motifs is 1. The van der Waals surface area contributed by atoms with Crippen molar-refractivity contribution in [2.24, 2.45) is 0 Å². The fraction of sp³-hybridized carbons (Fsp3) is 0.308. The zero-order valence-electron chi connectivity index (χ0n) is 9.51. The first-order valence-electron chi connectivity index (χ1n) is 5.48. The third-order valence-corrected chi connectivity index (χ3v) is 2.79. The molecule has 0 saturated heterocycles. The van der Waals surface area contributed by atoms with Crippen molar-refractivity contribution in [3.05, 3.63) is 29.6 Å². The van der Waals surface area contributed by atoms with Crippen molar-refractivity contribution in [3.63, 3.8) is 0 Å². The Kier molecular flexibility index (Phi) is 2.92. The van der Waals surface area contributed by atoms with Crippen LogP contribution in [0, 0.1) is 12.3 Å². The third-order valence-electron chi connectivity index (χ3n) is 2.79. The van der Waals surface area contributed by atoms with E-state index in [0.717, 1.165) is 11.3 Å². The van der Waals surface area contributed by atoms with E-state index in [0.29, 0.717) is 17.5 Å². The molecule has 0 bridgehead atoms. The molecule has 0 aromatic carbocycles. The fourth-order valence-corrected chi connectivity index (χ4v) is 1.95. The molecule has 17 heavy (non-hydrogen) atoms. The number of amides is 2. The van der Waals surface area contributed by atoms with Crippen LogP contribution in [0.25, 0.3) is 0 Å². The standard InChI is InChI=1S/C13H12N2O2/c1-3-5-9(4-2)15-12(16)10-6-7-14-8-11(10)13(15)17/h2,6-9H,3,5H2,1H3. The number of rotatable bonds is 3. The lowest BCUT2D eigenvalue weighted by Gasteiger charge is -2.20. The van der Waals surface area contributed by atoms with Crippen LogP contribution in [0.4, 0.5) is 0 Å². The Labute approximate surface area is 99.6 Å². The molecule has 1 aliphatic rings. The molecule has 4 nitrogen and oxygen atoms in total. The van der Waals surface area contributed by atoms with E-state index in [9.17, 15) is 9.59 Å². The molecule has 86 valence electrons. The van der Waals surface area contributed by atoms with Crippen molar-refractivity contribution < 1.29 is 9.59 Å². The number of hydrogen-bond donors (Lipinski definition) is 0. The molecule has 0 saturated carbocycles. The molecule has 4 heteroatoms. The smallest absolute Gasteiger partial charge is 0.264 e. The van der Waals surface area contributed by atoms with E-state index in [1.807, 2.05) is 6.92 Å². The van der Waals surface area contributed by atoms with Crippen LogP contribution < -0.4 is 0 Å². The van der Waals surface area contributed by atoms with Gasteiger partial charge in [0.15, 0.2) is 0 Å². The fourth-order valence-electron chi connectivity index (χ4n) is 1.95. The maximum Gasteiger partial charge on any atom is 0.264 e. The molecule has 2 heterocycles. The predicted octanol–water partition coefficient (Wildman–Crippen LogP) is 1.48. The maximum absolute atomic E-state index is 12.1. The number of aromatic nitrogens is 1. The first-order chi connectivity index (χ1) is 8.20. The highest BCUT2D eigenvalue weighted by molar-refractivity contribution is 6.21. The van der Waals surface area contributed by atoms with Crippen LogP contribution in [-0.4, -0.2) is 27.7 Å². The first kappa shape index (κ1) is 11.3. The normalized spacial score (nSPS) is 15.6. The summed E-state index contributed by atoms with van der Waals surface area (Å²) in [6.07, 6.45) is 9.74. The molecular weight excluding hydrogens is 216 g/mol. The van der Waals surface area contributed by atoms with E-state index in [-0.39, 0.29) is 11.8 Å². The number of imide groups is 1. The highest BCUT2D eigenvalue weighted by atomic mass is 16.2. The van der Waals surface area contributed by atoms with Gasteiger partial charge in [0.25, 0.3) is 11.8 Å². The van der Waals surface area contributed by atoms with Gasteiger partial charge < -0.3 is 0 Å². The van der Waals surface area contributed by atoms with Gasteiger partial charge in [-0.05, 0) is 12.5 Å². The van der Waals surface area contributed by atoms with E-state index < -0.39 is 6.04 Å². The van der Waals surface area contributed by atoms with Gasteiger partial charge in [-0.1, -0.05) is 19.3 Å². The van der Waals surface area contributed by atoms with Crippen LogP contribution in [-0.2, 0) is 0 Å². The molecule has 0 radical (unpaired) electrons. The minimum atomic E-state index is -0.465. The van der Waals surface area contributed by atoms with Crippen LogP contribution >= 0.6 is 0 Å². The van der Waals surface area contributed by atoms with Crippen LogP contribution in [0.3, 0.4) is 0 Å². The Bertz CT molecular complexity index is 481. The predicted molar refractivity (Wildman–Crippen MR) is 62.3 cm³/mol. The lowest BCUT2D eigenvalue weighted by molar-refractivity contribution is 0.0615. The summed E-state index contributed by atoms with van der Waals surface area (Å²) < 4.78 is 0. The second kappa shape index (κ2) is 4.38. The second-order valence-corrected chi connectivity index (χ2v) is 3.87. The molecule has 1 atom stereocenters. The molecule has 1 aromatic rings. The summed E-state index contributed by atoms with van der Waals surface area (Å²) in [5.41, 5.74) is 0.732. The van der Waals surface area contributed by atoms with Gasteiger partial charge in [-0.2, -0.15) is 0 Å². The molecule has 1 unspecified atom stereocenters. The van der Waals surface area contributed by atoms with Gasteiger partial charge in [0.05, 0.1) is 11.1 Å². The molecule has 0 fully saturated rings. The summed E-state index contributed by atoms with van der Waals surface area (Å²) >= 11 is 0. The number of terminal acetylenes is 1. The average Bonchev–Trinajstić information content (AvgIpc) is 2.61. The maximum atomic E-state index is 12.1. The third kappa shape index (κ3) is 1.70. The Morgan fingerprint density at radius 2 is 2.12 bits per heavy atom. The van der Waals surface area contributed by atoms with Crippen molar-refractivity contribution in [2.45, 2.75) is 25.8 Å². The minimum absolute atomic E-state index is 0.316. The van der Waals surface area contributed by atoms with Gasteiger partial charge in [-0.3, -0.25) is 19.5 Å². The number of carbonyl (C=O) groups is 2. The monoisotopic (exact) mass is 228 g/mol. The largest absolute Gasteiger partial charge is 0.269 e. The second-order valence-electron chi connectivity index (χ2n) is 3.87. The van der Waals surface area contributed by atoms with Crippen LogP contribution in [0.1, 0.15) is 40.5 Å². The molecule has 0 aliphatic carbocycles. The van der Waals surface area contributed by atoms with Crippen molar-refractivity contribution in [1.29, 1.82) is 0 Å². The van der Waals surface area contributed by atoms with E-state index in [1.54, 1.807) is 6.07 Å². The average molecular weight is 228 g/mol. The van der Waals surface area contributed by atoms with Gasteiger partial charge >= 0.3 is 0 Å². The summed E-state index contributed by atoms with van der Waals surface area (Å²) in [6.45, 7) is 1.96. The van der Waals surface area contributed by atoms with Crippen LogP contribution in [0.2, 0.25) is 0 Å². The van der Waals surface area contributed by atoms with E-state index in [4.69, 9.17) is 6.42 Å². The number of nitrogens with zero attached hydrogens (tertiary/aromatic N) is 2. The van der Waals surface area contributed by atoms with Crippen LogP contribution in [0.15, 0.2) is 18.5 Å². The van der Waals surface area contributed by atoms with Gasteiger partial charge in [-0.25, -0.2) is 0 Å². The zero-order chi connectivity index (χ0) is 12.4. The summed E-state index contributed by atoms with van der Waals surface area (Å²) in [7, 11) is 0. The highest BCUT2D eigenvalue weighted by Crippen LogP contribution is 2.24. The zero-order valence-corrected chi connectivity index (χ0v) is 9.51. The van der Waals surface area contributed by atoms with Crippen molar-refractivity contribution in [1.82, 2.24) is 9.88 Å². The Hall–Kier alpha value is -2.15. The molecule has 0 spiro atoms. The molecule has 1 aliphatic heterocycles. The Morgan fingerprint density at radius 1 is 1.41 bits per heavy atom. The topological polar surface area (TPSA) is 50.3 Å². The summed E-state index contributed by atoms with van der Waals surface area (Å²) in [4.78, 5) is 29.1. The number of pyridine rings is 1. The van der Waals surface area contributed by atoms with Crippen molar-refractivity contribution >= 4 is 11.8 Å². The van der Waals surface area contributed by atoms with E-state index in [1.165, 1.54) is 12.4 Å². The Balaban J connectivity index is 2.39. The minimum Gasteiger partial charge on any atom is -0.269 e. The van der Waals surface area contributed by atoms with Crippen molar-refractivity contribution in [2.75, 3.05) is 0 Å². The number of hydrogen-bond acceptors (Lipinski definition) is 3. The lowest BCUT2D eigenvalue weighted by Crippen LogP contribution is -2.38. The summed E-state index contributed by atoms with van der Waals surface area (Å²) in [6, 6.07) is 1.09. The molecule has 2 rings (SSSR count). The summed E-state index contributed by atoms with van der Waals surface area (Å²) in [5.74, 6) is 1.85. The van der Waals surface area contributed by atoms with E-state index >= 15 is 0 Å². The molecule has 2 amide bonds. The lowest BCUT2D eigenvalue weighted by atomic mass is 10.1. The van der Waals surface area contributed by atoms with Crippen LogP contribution in [0.5, 0.6) is 0 Å². The van der Waals surface area contributed by atoms with Gasteiger partial charge in [0.2, 0.25) is 0 Å². The van der Waals surface area contributed by atoms with Crippen molar-refractivity contribution in [3.8, 4) is 12.3 Å². The summed E-state index contributed by atoms with van der Waals surface area (Å²) in [5, 5.41) is 0. The SMILES string of the molecule is C#CC(CCC)N1C(=O)c2ccncc2C1=O. The molecular formula is C13H12N2O2. The van der Waals surface area contributed by atoms with E-state index in [2.05, 4.69) is 10.9 Å². The van der Waals surface area contributed by atoms with Gasteiger partial charge in [-0.15, -0.1) is 6.42 Å². The Morgan fingerprint density at radius 3 is 2.71 bits per heavy atom. The first-order valence-corrected chi connectivity index (χ1v) is 5.48.